The molecule has 0 aliphatic rings. The number of carbonyl (C=O) groups excluding carboxylic acids is 1. The van der Waals surface area contributed by atoms with E-state index in [2.05, 4.69) is 26.2 Å². The number of carbonyl (C=O) groups is 1. The Morgan fingerprint density at radius 3 is 2.67 bits per heavy atom. The number of anilines is 1. The lowest BCUT2D eigenvalue weighted by molar-refractivity contribution is 0.102. The van der Waals surface area contributed by atoms with Crippen molar-refractivity contribution in [1.82, 2.24) is 4.98 Å². The van der Waals surface area contributed by atoms with Gasteiger partial charge in [0, 0.05) is 27.4 Å². The van der Waals surface area contributed by atoms with Crippen molar-refractivity contribution in [2.75, 3.05) is 12.4 Å². The van der Waals surface area contributed by atoms with Crippen LogP contribution in [-0.4, -0.2) is 18.0 Å². The summed E-state index contributed by atoms with van der Waals surface area (Å²) in [6.45, 7) is 0. The molecule has 0 saturated heterocycles. The number of rotatable bonds is 4. The molecule has 0 fully saturated rings. The van der Waals surface area contributed by atoms with Crippen LogP contribution >= 0.6 is 15.9 Å². The van der Waals surface area contributed by atoms with E-state index >= 15 is 0 Å². The summed E-state index contributed by atoms with van der Waals surface area (Å²) in [4.78, 5) is 16.9. The zero-order chi connectivity index (χ0) is 18.8. The van der Waals surface area contributed by atoms with Gasteiger partial charge in [-0.1, -0.05) is 22.0 Å². The zero-order valence-corrected chi connectivity index (χ0v) is 16.0. The fourth-order valence-corrected chi connectivity index (χ4v) is 2.95. The first-order valence-corrected chi connectivity index (χ1v) is 9.03. The molecule has 1 amide bonds. The highest BCUT2D eigenvalue weighted by Gasteiger charge is 2.11. The van der Waals surface area contributed by atoms with E-state index in [1.807, 2.05) is 42.5 Å². The predicted molar refractivity (Wildman–Crippen MR) is 108 cm³/mol. The average molecular weight is 423 g/mol. The second kappa shape index (κ2) is 7.25. The van der Waals surface area contributed by atoms with E-state index in [-0.39, 0.29) is 5.91 Å². The number of fused-ring (bicyclic) bond motifs is 1. The molecular weight excluding hydrogens is 408 g/mol. The molecule has 4 rings (SSSR count). The van der Waals surface area contributed by atoms with Crippen LogP contribution in [0.5, 0.6) is 5.75 Å². The van der Waals surface area contributed by atoms with Crippen molar-refractivity contribution in [2.24, 2.45) is 0 Å². The van der Waals surface area contributed by atoms with E-state index in [0.29, 0.717) is 22.7 Å². The largest absolute Gasteiger partial charge is 0.497 e. The third-order valence-electron chi connectivity index (χ3n) is 4.07. The number of nitrogens with one attached hydrogen (secondary N) is 1. The Hall–Kier alpha value is -3.12. The lowest BCUT2D eigenvalue weighted by atomic mass is 10.2. The highest BCUT2D eigenvalue weighted by molar-refractivity contribution is 9.10. The standard InChI is InChI=1S/C21H15BrN2O3/c1-26-17-4-2-3-14(11-17)21-24-18-10-9-16(12-19(18)27-21)23-20(25)13-5-7-15(22)8-6-13/h2-12H,1H3,(H,23,25). The van der Waals surface area contributed by atoms with Crippen molar-refractivity contribution in [3.05, 3.63) is 76.8 Å². The third kappa shape index (κ3) is 3.71. The highest BCUT2D eigenvalue weighted by Crippen LogP contribution is 2.28. The highest BCUT2D eigenvalue weighted by atomic mass is 79.9. The summed E-state index contributed by atoms with van der Waals surface area (Å²) in [5.41, 5.74) is 3.36. The van der Waals surface area contributed by atoms with Gasteiger partial charge >= 0.3 is 0 Å². The van der Waals surface area contributed by atoms with E-state index in [9.17, 15) is 4.79 Å². The molecule has 6 heteroatoms. The zero-order valence-electron chi connectivity index (χ0n) is 14.4. The SMILES string of the molecule is COc1cccc(-c2nc3ccc(NC(=O)c4ccc(Br)cc4)cc3o2)c1. The van der Waals surface area contributed by atoms with Crippen LogP contribution in [-0.2, 0) is 0 Å². The summed E-state index contributed by atoms with van der Waals surface area (Å²) in [5, 5.41) is 2.88. The van der Waals surface area contributed by atoms with Gasteiger partial charge in [-0.2, -0.15) is 0 Å². The van der Waals surface area contributed by atoms with Crippen LogP contribution in [0.15, 0.2) is 75.6 Å². The third-order valence-corrected chi connectivity index (χ3v) is 4.60. The number of benzene rings is 3. The van der Waals surface area contributed by atoms with Gasteiger partial charge in [-0.15, -0.1) is 0 Å². The summed E-state index contributed by atoms with van der Waals surface area (Å²) in [6, 6.07) is 20.1. The first kappa shape index (κ1) is 17.3. The molecule has 0 bridgehead atoms. The molecule has 1 heterocycles. The van der Waals surface area contributed by atoms with E-state index in [1.54, 1.807) is 31.4 Å². The van der Waals surface area contributed by atoms with Gasteiger partial charge in [0.1, 0.15) is 11.3 Å². The molecule has 0 spiro atoms. The number of nitrogens with zero attached hydrogens (tertiary/aromatic N) is 1. The van der Waals surface area contributed by atoms with Gasteiger partial charge in [0.05, 0.1) is 7.11 Å². The van der Waals surface area contributed by atoms with Gasteiger partial charge in [-0.3, -0.25) is 4.79 Å². The van der Waals surface area contributed by atoms with E-state index in [4.69, 9.17) is 9.15 Å². The van der Waals surface area contributed by atoms with E-state index < -0.39 is 0 Å². The van der Waals surface area contributed by atoms with Crippen molar-refractivity contribution in [2.45, 2.75) is 0 Å². The van der Waals surface area contributed by atoms with E-state index in [0.717, 1.165) is 21.3 Å². The molecule has 0 radical (unpaired) electrons. The molecule has 0 atom stereocenters. The number of amides is 1. The van der Waals surface area contributed by atoms with Gasteiger partial charge < -0.3 is 14.5 Å². The average Bonchev–Trinajstić information content (AvgIpc) is 3.12. The fraction of sp³-hybridized carbons (Fsp3) is 0.0476. The van der Waals surface area contributed by atoms with Crippen molar-refractivity contribution in [3.8, 4) is 17.2 Å². The van der Waals surface area contributed by atoms with Gasteiger partial charge in [0.25, 0.3) is 5.91 Å². The van der Waals surface area contributed by atoms with Crippen LogP contribution < -0.4 is 10.1 Å². The number of hydrogen-bond acceptors (Lipinski definition) is 4. The maximum Gasteiger partial charge on any atom is 0.255 e. The summed E-state index contributed by atoms with van der Waals surface area (Å²) in [5.74, 6) is 1.05. The van der Waals surface area contributed by atoms with Crippen molar-refractivity contribution in [1.29, 1.82) is 0 Å². The Morgan fingerprint density at radius 2 is 1.89 bits per heavy atom. The molecule has 134 valence electrons. The van der Waals surface area contributed by atoms with Crippen LogP contribution in [0.3, 0.4) is 0 Å². The van der Waals surface area contributed by atoms with Crippen LogP contribution in [0.1, 0.15) is 10.4 Å². The van der Waals surface area contributed by atoms with Crippen LogP contribution in [0.25, 0.3) is 22.6 Å². The lowest BCUT2D eigenvalue weighted by Gasteiger charge is -2.05. The first-order valence-electron chi connectivity index (χ1n) is 8.24. The number of halogens is 1. The fourth-order valence-electron chi connectivity index (χ4n) is 2.69. The Kier molecular flexibility index (Phi) is 4.64. The molecule has 1 N–H and O–H groups in total. The molecule has 4 aromatic rings. The summed E-state index contributed by atoms with van der Waals surface area (Å²) >= 11 is 3.36. The minimum atomic E-state index is -0.186. The summed E-state index contributed by atoms with van der Waals surface area (Å²) in [7, 11) is 1.62. The Labute approximate surface area is 164 Å². The smallest absolute Gasteiger partial charge is 0.255 e. The topological polar surface area (TPSA) is 64.4 Å². The first-order chi connectivity index (χ1) is 13.1. The Bertz CT molecular complexity index is 1120. The lowest BCUT2D eigenvalue weighted by Crippen LogP contribution is -2.11. The maximum atomic E-state index is 12.4. The summed E-state index contributed by atoms with van der Waals surface area (Å²) in [6.07, 6.45) is 0. The molecule has 0 aliphatic heterocycles. The minimum absolute atomic E-state index is 0.186. The molecule has 1 aromatic heterocycles. The van der Waals surface area contributed by atoms with Crippen LogP contribution in [0, 0.1) is 0 Å². The number of aromatic nitrogens is 1. The minimum Gasteiger partial charge on any atom is -0.497 e. The van der Waals surface area contributed by atoms with Crippen molar-refractivity contribution < 1.29 is 13.9 Å². The number of hydrogen-bond donors (Lipinski definition) is 1. The molecule has 5 nitrogen and oxygen atoms in total. The van der Waals surface area contributed by atoms with Crippen molar-refractivity contribution in [3.63, 3.8) is 0 Å². The molecular formula is C21H15BrN2O3. The second-order valence-electron chi connectivity index (χ2n) is 5.89. The Balaban J connectivity index is 1.60. The quantitative estimate of drug-likeness (QED) is 0.470. The van der Waals surface area contributed by atoms with E-state index in [1.165, 1.54) is 0 Å². The van der Waals surface area contributed by atoms with Gasteiger partial charge in [-0.05, 0) is 54.6 Å². The predicted octanol–water partition coefficient (Wildman–Crippen LogP) is 5.52. The Morgan fingerprint density at radius 1 is 1.07 bits per heavy atom. The van der Waals surface area contributed by atoms with Gasteiger partial charge in [-0.25, -0.2) is 4.98 Å². The normalized spacial score (nSPS) is 10.7. The van der Waals surface area contributed by atoms with Crippen molar-refractivity contribution >= 4 is 38.6 Å². The molecule has 0 unspecified atom stereocenters. The monoisotopic (exact) mass is 422 g/mol. The number of methoxy groups -OCH3 is 1. The van der Waals surface area contributed by atoms with Crippen LogP contribution in [0.2, 0.25) is 0 Å². The number of ether oxygens (including phenoxy) is 1. The van der Waals surface area contributed by atoms with Gasteiger partial charge in [0.15, 0.2) is 5.58 Å². The number of oxazole rings is 1. The van der Waals surface area contributed by atoms with Gasteiger partial charge in [0.2, 0.25) is 5.89 Å². The second-order valence-corrected chi connectivity index (χ2v) is 6.81. The maximum absolute atomic E-state index is 12.4. The molecule has 3 aromatic carbocycles. The summed E-state index contributed by atoms with van der Waals surface area (Å²) < 4.78 is 12.0. The molecule has 0 saturated carbocycles. The molecule has 27 heavy (non-hydrogen) atoms. The molecule has 0 aliphatic carbocycles. The van der Waals surface area contributed by atoms with Crippen LogP contribution in [0.4, 0.5) is 5.69 Å².